The van der Waals surface area contributed by atoms with E-state index >= 15 is 0 Å². The van der Waals surface area contributed by atoms with Gasteiger partial charge in [0.25, 0.3) is 0 Å². The first-order chi connectivity index (χ1) is 7.63. The third-order valence-electron chi connectivity index (χ3n) is 2.33. The van der Waals surface area contributed by atoms with Gasteiger partial charge in [0, 0.05) is 12.2 Å². The Bertz CT molecular complexity index is 374. The molecule has 1 rings (SSSR count). The lowest BCUT2D eigenvalue weighted by molar-refractivity contribution is -0.114. The first-order valence-electron chi connectivity index (χ1n) is 5.49. The second kappa shape index (κ2) is 6.23. The number of carbonyl (C=O) groups excluding carboxylic acids is 1. The Morgan fingerprint density at radius 1 is 1.31 bits per heavy atom. The standard InChI is InChI=1S/C14H18O2/c1-4-16-10-14(12(3)15)9-13-7-5-11(2)6-8-13/h5-9H,4,10H2,1-3H3/b14-9+. The van der Waals surface area contributed by atoms with Crippen molar-refractivity contribution in [2.75, 3.05) is 13.2 Å². The third kappa shape index (κ3) is 3.99. The molecule has 2 nitrogen and oxygen atoms in total. The number of ether oxygens (including phenoxy) is 1. The van der Waals surface area contributed by atoms with E-state index in [1.807, 2.05) is 44.2 Å². The van der Waals surface area contributed by atoms with E-state index in [2.05, 4.69) is 0 Å². The van der Waals surface area contributed by atoms with Crippen molar-refractivity contribution in [3.8, 4) is 0 Å². The summed E-state index contributed by atoms with van der Waals surface area (Å²) in [6, 6.07) is 8.07. The van der Waals surface area contributed by atoms with Crippen molar-refractivity contribution in [3.63, 3.8) is 0 Å². The van der Waals surface area contributed by atoms with E-state index in [0.717, 1.165) is 5.56 Å². The molecule has 0 fully saturated rings. The maximum atomic E-state index is 11.4. The minimum atomic E-state index is 0.0639. The van der Waals surface area contributed by atoms with Crippen molar-refractivity contribution >= 4 is 11.9 Å². The van der Waals surface area contributed by atoms with Crippen LogP contribution in [-0.4, -0.2) is 19.0 Å². The van der Waals surface area contributed by atoms with Gasteiger partial charge in [-0.25, -0.2) is 0 Å². The zero-order valence-electron chi connectivity index (χ0n) is 10.1. The van der Waals surface area contributed by atoms with E-state index in [0.29, 0.717) is 18.8 Å². The number of hydrogen-bond donors (Lipinski definition) is 0. The lowest BCUT2D eigenvalue weighted by atomic mass is 10.1. The van der Waals surface area contributed by atoms with Crippen molar-refractivity contribution in [1.29, 1.82) is 0 Å². The van der Waals surface area contributed by atoms with Crippen LogP contribution in [0.5, 0.6) is 0 Å². The molecular formula is C14H18O2. The van der Waals surface area contributed by atoms with Crippen LogP contribution in [0.3, 0.4) is 0 Å². The van der Waals surface area contributed by atoms with Gasteiger partial charge in [0.05, 0.1) is 6.61 Å². The Morgan fingerprint density at radius 3 is 2.44 bits per heavy atom. The summed E-state index contributed by atoms with van der Waals surface area (Å²) < 4.78 is 5.26. The topological polar surface area (TPSA) is 26.3 Å². The quantitative estimate of drug-likeness (QED) is 0.710. The van der Waals surface area contributed by atoms with E-state index in [1.54, 1.807) is 6.92 Å². The molecule has 16 heavy (non-hydrogen) atoms. The first-order valence-corrected chi connectivity index (χ1v) is 5.49. The van der Waals surface area contributed by atoms with Gasteiger partial charge < -0.3 is 4.74 Å². The van der Waals surface area contributed by atoms with Crippen molar-refractivity contribution in [3.05, 3.63) is 41.0 Å². The highest BCUT2D eigenvalue weighted by Gasteiger charge is 2.03. The van der Waals surface area contributed by atoms with Gasteiger partial charge in [0.15, 0.2) is 5.78 Å². The molecule has 0 saturated carbocycles. The average molecular weight is 218 g/mol. The van der Waals surface area contributed by atoms with Crippen molar-refractivity contribution < 1.29 is 9.53 Å². The second-order valence-corrected chi connectivity index (χ2v) is 3.77. The summed E-state index contributed by atoms with van der Waals surface area (Å²) in [5.74, 6) is 0.0639. The van der Waals surface area contributed by atoms with Crippen LogP contribution in [0.2, 0.25) is 0 Å². The molecule has 0 saturated heterocycles. The maximum Gasteiger partial charge on any atom is 0.158 e. The molecule has 0 N–H and O–H groups in total. The van der Waals surface area contributed by atoms with E-state index in [9.17, 15) is 4.79 Å². The largest absolute Gasteiger partial charge is 0.377 e. The van der Waals surface area contributed by atoms with Crippen LogP contribution < -0.4 is 0 Å². The Kier molecular flexibility index (Phi) is 4.93. The molecule has 2 heteroatoms. The fourth-order valence-electron chi connectivity index (χ4n) is 1.32. The maximum absolute atomic E-state index is 11.4. The predicted molar refractivity (Wildman–Crippen MR) is 66.3 cm³/mol. The van der Waals surface area contributed by atoms with Crippen LogP contribution >= 0.6 is 0 Å². The minimum absolute atomic E-state index is 0.0639. The molecule has 0 aliphatic heterocycles. The fraction of sp³-hybridized carbons (Fsp3) is 0.357. The Hall–Kier alpha value is -1.41. The van der Waals surface area contributed by atoms with Gasteiger partial charge in [-0.2, -0.15) is 0 Å². The van der Waals surface area contributed by atoms with Gasteiger partial charge >= 0.3 is 0 Å². The molecule has 1 aromatic carbocycles. The lowest BCUT2D eigenvalue weighted by Gasteiger charge is -2.04. The summed E-state index contributed by atoms with van der Waals surface area (Å²) in [4.78, 5) is 11.4. The molecule has 0 spiro atoms. The number of carbonyl (C=O) groups is 1. The summed E-state index contributed by atoms with van der Waals surface area (Å²) in [5.41, 5.74) is 2.97. The van der Waals surface area contributed by atoms with E-state index in [1.165, 1.54) is 5.56 Å². The van der Waals surface area contributed by atoms with E-state index < -0.39 is 0 Å². The molecule has 0 aliphatic rings. The number of hydrogen-bond acceptors (Lipinski definition) is 2. The predicted octanol–water partition coefficient (Wildman–Crippen LogP) is 3.00. The fourth-order valence-corrected chi connectivity index (χ4v) is 1.32. The average Bonchev–Trinajstić information content (AvgIpc) is 2.26. The number of rotatable bonds is 5. The highest BCUT2D eigenvalue weighted by Crippen LogP contribution is 2.09. The number of aryl methyl sites for hydroxylation is 1. The molecule has 0 aliphatic carbocycles. The highest BCUT2D eigenvalue weighted by molar-refractivity contribution is 5.98. The molecular weight excluding hydrogens is 200 g/mol. The van der Waals surface area contributed by atoms with Gasteiger partial charge in [-0.1, -0.05) is 29.8 Å². The van der Waals surface area contributed by atoms with E-state index in [4.69, 9.17) is 4.74 Å². The minimum Gasteiger partial charge on any atom is -0.377 e. The molecule has 0 bridgehead atoms. The van der Waals surface area contributed by atoms with Crippen molar-refractivity contribution in [1.82, 2.24) is 0 Å². The summed E-state index contributed by atoms with van der Waals surface area (Å²) in [7, 11) is 0. The number of Topliss-reactive ketones (excluding diaryl/α,β-unsaturated/α-hetero) is 1. The Morgan fingerprint density at radius 2 is 1.94 bits per heavy atom. The molecule has 0 amide bonds. The van der Waals surface area contributed by atoms with Crippen LogP contribution in [0, 0.1) is 6.92 Å². The third-order valence-corrected chi connectivity index (χ3v) is 2.33. The first kappa shape index (κ1) is 12.7. The molecule has 0 aromatic heterocycles. The summed E-state index contributed by atoms with van der Waals surface area (Å²) in [6.45, 7) is 6.54. The van der Waals surface area contributed by atoms with Gasteiger partial charge in [-0.15, -0.1) is 0 Å². The van der Waals surface area contributed by atoms with Crippen molar-refractivity contribution in [2.45, 2.75) is 20.8 Å². The Balaban J connectivity index is 2.84. The number of benzene rings is 1. The van der Waals surface area contributed by atoms with Gasteiger partial charge in [-0.3, -0.25) is 4.79 Å². The molecule has 1 aromatic rings. The molecule has 0 radical (unpaired) electrons. The highest BCUT2D eigenvalue weighted by atomic mass is 16.5. The van der Waals surface area contributed by atoms with Gasteiger partial charge in [0.2, 0.25) is 0 Å². The van der Waals surface area contributed by atoms with Gasteiger partial charge in [0.1, 0.15) is 0 Å². The molecule has 86 valence electrons. The smallest absolute Gasteiger partial charge is 0.158 e. The van der Waals surface area contributed by atoms with Crippen LogP contribution in [0.15, 0.2) is 29.8 Å². The van der Waals surface area contributed by atoms with Gasteiger partial charge in [-0.05, 0) is 32.4 Å². The zero-order chi connectivity index (χ0) is 12.0. The van der Waals surface area contributed by atoms with Crippen molar-refractivity contribution in [2.24, 2.45) is 0 Å². The van der Waals surface area contributed by atoms with Crippen LogP contribution in [-0.2, 0) is 9.53 Å². The monoisotopic (exact) mass is 218 g/mol. The van der Waals surface area contributed by atoms with Crippen LogP contribution in [0.25, 0.3) is 6.08 Å². The van der Waals surface area contributed by atoms with Crippen LogP contribution in [0.4, 0.5) is 0 Å². The normalized spacial score (nSPS) is 11.6. The summed E-state index contributed by atoms with van der Waals surface area (Å²) in [5, 5.41) is 0. The summed E-state index contributed by atoms with van der Waals surface area (Å²) >= 11 is 0. The van der Waals surface area contributed by atoms with E-state index in [-0.39, 0.29) is 5.78 Å². The summed E-state index contributed by atoms with van der Waals surface area (Å²) in [6.07, 6.45) is 1.89. The second-order valence-electron chi connectivity index (χ2n) is 3.77. The van der Waals surface area contributed by atoms with Crippen LogP contribution in [0.1, 0.15) is 25.0 Å². The number of ketones is 1. The lowest BCUT2D eigenvalue weighted by Crippen LogP contribution is -2.05. The molecule has 0 unspecified atom stereocenters. The molecule has 0 atom stereocenters. The SMILES string of the molecule is CCOC/C(=C\c1ccc(C)cc1)C(C)=O. The Labute approximate surface area is 96.9 Å². The molecule has 0 heterocycles. The zero-order valence-corrected chi connectivity index (χ0v) is 10.1.